The van der Waals surface area contributed by atoms with Gasteiger partial charge in [0.25, 0.3) is 5.91 Å². The molecule has 2 aromatic rings. The van der Waals surface area contributed by atoms with Gasteiger partial charge in [-0.2, -0.15) is 5.10 Å². The third-order valence-electron chi connectivity index (χ3n) is 4.99. The van der Waals surface area contributed by atoms with Crippen LogP contribution in [-0.4, -0.2) is 63.5 Å². The number of pyridine rings is 1. The first-order chi connectivity index (χ1) is 11.6. The highest BCUT2D eigenvalue weighted by molar-refractivity contribution is 5.94. The lowest BCUT2D eigenvalue weighted by Gasteiger charge is -2.30. The van der Waals surface area contributed by atoms with Gasteiger partial charge in [-0.25, -0.2) is 0 Å². The minimum absolute atomic E-state index is 0.0640. The van der Waals surface area contributed by atoms with E-state index in [1.807, 2.05) is 25.2 Å². The van der Waals surface area contributed by atoms with Crippen molar-refractivity contribution in [3.05, 3.63) is 36.2 Å². The number of carbonyl (C=O) groups is 2. The summed E-state index contributed by atoms with van der Waals surface area (Å²) in [4.78, 5) is 32.8. The summed E-state index contributed by atoms with van der Waals surface area (Å²) in [6.45, 7) is 1.90. The second kappa shape index (κ2) is 5.74. The molecule has 4 heterocycles. The van der Waals surface area contributed by atoms with E-state index in [2.05, 4.69) is 15.2 Å². The van der Waals surface area contributed by atoms with Gasteiger partial charge in [-0.15, -0.1) is 0 Å². The number of H-pyrrole nitrogens is 1. The molecule has 0 radical (unpaired) electrons. The summed E-state index contributed by atoms with van der Waals surface area (Å²) in [7, 11) is 1.83. The Morgan fingerprint density at radius 2 is 2.17 bits per heavy atom. The molecule has 0 aliphatic carbocycles. The van der Waals surface area contributed by atoms with E-state index in [9.17, 15) is 9.59 Å². The van der Waals surface area contributed by atoms with E-state index < -0.39 is 0 Å². The number of piperidine rings is 1. The first kappa shape index (κ1) is 14.9. The van der Waals surface area contributed by atoms with Crippen molar-refractivity contribution in [1.29, 1.82) is 0 Å². The zero-order chi connectivity index (χ0) is 16.7. The number of nitrogens with zero attached hydrogens (tertiary/aromatic N) is 4. The summed E-state index contributed by atoms with van der Waals surface area (Å²) >= 11 is 0. The molecule has 24 heavy (non-hydrogen) atoms. The van der Waals surface area contributed by atoms with Gasteiger partial charge in [0.1, 0.15) is 11.4 Å². The molecule has 2 aliphatic heterocycles. The van der Waals surface area contributed by atoms with Crippen molar-refractivity contribution in [2.75, 3.05) is 26.7 Å². The van der Waals surface area contributed by atoms with Crippen LogP contribution in [0.4, 0.5) is 0 Å². The van der Waals surface area contributed by atoms with Gasteiger partial charge in [0, 0.05) is 32.9 Å². The minimum Gasteiger partial charge on any atom is -0.345 e. The van der Waals surface area contributed by atoms with Crippen LogP contribution in [0.2, 0.25) is 0 Å². The Bertz CT molecular complexity index is 772. The van der Waals surface area contributed by atoms with E-state index in [-0.39, 0.29) is 23.7 Å². The van der Waals surface area contributed by atoms with E-state index in [0.29, 0.717) is 24.5 Å². The smallest absolute Gasteiger partial charge is 0.271 e. The molecule has 124 valence electrons. The van der Waals surface area contributed by atoms with E-state index in [1.54, 1.807) is 22.1 Å². The topological polar surface area (TPSA) is 82.2 Å². The van der Waals surface area contributed by atoms with Crippen LogP contribution in [0.3, 0.4) is 0 Å². The fraction of sp³-hybridized carbons (Fsp3) is 0.412. The molecular formula is C17H19N5O2. The zero-order valence-electron chi connectivity index (χ0n) is 13.5. The summed E-state index contributed by atoms with van der Waals surface area (Å²) in [5.41, 5.74) is 1.81. The molecule has 2 atom stereocenters. The van der Waals surface area contributed by atoms with Crippen molar-refractivity contribution in [1.82, 2.24) is 25.0 Å². The average molecular weight is 325 g/mol. The highest BCUT2D eigenvalue weighted by atomic mass is 16.2. The van der Waals surface area contributed by atoms with Crippen LogP contribution in [0.1, 0.15) is 16.9 Å². The molecule has 0 bridgehead atoms. The van der Waals surface area contributed by atoms with Crippen molar-refractivity contribution in [2.45, 2.75) is 6.42 Å². The Morgan fingerprint density at radius 1 is 1.29 bits per heavy atom. The lowest BCUT2D eigenvalue weighted by Crippen LogP contribution is -2.42. The minimum atomic E-state index is -0.102. The van der Waals surface area contributed by atoms with Gasteiger partial charge in [0.15, 0.2) is 0 Å². The van der Waals surface area contributed by atoms with Crippen LogP contribution in [-0.2, 0) is 4.79 Å². The number of hydrogen-bond acceptors (Lipinski definition) is 4. The Kier molecular flexibility index (Phi) is 3.55. The molecule has 2 fully saturated rings. The molecule has 2 amide bonds. The van der Waals surface area contributed by atoms with Crippen LogP contribution < -0.4 is 0 Å². The molecule has 4 rings (SSSR count). The summed E-state index contributed by atoms with van der Waals surface area (Å²) in [6, 6.07) is 7.29. The van der Waals surface area contributed by atoms with Gasteiger partial charge in [-0.1, -0.05) is 6.07 Å². The molecule has 0 saturated carbocycles. The molecule has 0 unspecified atom stereocenters. The van der Waals surface area contributed by atoms with Gasteiger partial charge in [-0.3, -0.25) is 19.7 Å². The van der Waals surface area contributed by atoms with Gasteiger partial charge in [0.05, 0.1) is 11.6 Å². The van der Waals surface area contributed by atoms with Crippen molar-refractivity contribution >= 4 is 11.8 Å². The van der Waals surface area contributed by atoms with Crippen LogP contribution in [0.5, 0.6) is 0 Å². The highest BCUT2D eigenvalue weighted by Gasteiger charge is 2.43. The number of amides is 2. The third-order valence-corrected chi connectivity index (χ3v) is 4.99. The van der Waals surface area contributed by atoms with E-state index >= 15 is 0 Å². The highest BCUT2D eigenvalue weighted by Crippen LogP contribution is 2.32. The predicted molar refractivity (Wildman–Crippen MR) is 87.0 cm³/mol. The lowest BCUT2D eigenvalue weighted by molar-refractivity contribution is -0.137. The van der Waals surface area contributed by atoms with Crippen molar-refractivity contribution < 1.29 is 9.59 Å². The fourth-order valence-corrected chi connectivity index (χ4v) is 3.61. The van der Waals surface area contributed by atoms with Gasteiger partial charge >= 0.3 is 0 Å². The SMILES string of the molecule is CN1CC[C@@H]2CN(C(=O)c3cc(-c4ccccn4)n[nH]3)C[C@@H]2C1=O. The summed E-state index contributed by atoms with van der Waals surface area (Å²) < 4.78 is 0. The number of fused-ring (bicyclic) bond motifs is 1. The first-order valence-electron chi connectivity index (χ1n) is 8.14. The third kappa shape index (κ3) is 2.46. The number of aromatic amines is 1. The normalized spacial score (nSPS) is 23.5. The number of carbonyl (C=O) groups excluding carboxylic acids is 2. The average Bonchev–Trinajstić information content (AvgIpc) is 3.26. The number of rotatable bonds is 2. The molecule has 2 aromatic heterocycles. The first-order valence-corrected chi connectivity index (χ1v) is 8.14. The van der Waals surface area contributed by atoms with Crippen molar-refractivity contribution in [3.8, 4) is 11.4 Å². The fourth-order valence-electron chi connectivity index (χ4n) is 3.61. The second-order valence-corrected chi connectivity index (χ2v) is 6.51. The number of aromatic nitrogens is 3. The largest absolute Gasteiger partial charge is 0.345 e. The Hall–Kier alpha value is -2.70. The molecular weight excluding hydrogens is 306 g/mol. The van der Waals surface area contributed by atoms with Crippen molar-refractivity contribution in [2.24, 2.45) is 11.8 Å². The Balaban J connectivity index is 1.51. The van der Waals surface area contributed by atoms with Crippen LogP contribution in [0.25, 0.3) is 11.4 Å². The monoisotopic (exact) mass is 325 g/mol. The van der Waals surface area contributed by atoms with Crippen LogP contribution >= 0.6 is 0 Å². The molecule has 7 nitrogen and oxygen atoms in total. The van der Waals surface area contributed by atoms with E-state index in [0.717, 1.165) is 18.7 Å². The number of nitrogens with one attached hydrogen (secondary N) is 1. The number of likely N-dealkylation sites (tertiary alicyclic amines) is 2. The van der Waals surface area contributed by atoms with Crippen LogP contribution in [0, 0.1) is 11.8 Å². The summed E-state index contributed by atoms with van der Waals surface area (Å²) in [6.07, 6.45) is 2.65. The molecule has 2 saturated heterocycles. The van der Waals surface area contributed by atoms with Gasteiger partial charge < -0.3 is 9.80 Å². The van der Waals surface area contributed by atoms with Gasteiger partial charge in [0.2, 0.25) is 5.91 Å². The van der Waals surface area contributed by atoms with Crippen molar-refractivity contribution in [3.63, 3.8) is 0 Å². The summed E-state index contributed by atoms with van der Waals surface area (Å²) in [5.74, 6) is 0.261. The number of hydrogen-bond donors (Lipinski definition) is 1. The maximum Gasteiger partial charge on any atom is 0.271 e. The second-order valence-electron chi connectivity index (χ2n) is 6.51. The lowest BCUT2D eigenvalue weighted by atomic mass is 9.88. The van der Waals surface area contributed by atoms with E-state index in [4.69, 9.17) is 0 Å². The van der Waals surface area contributed by atoms with Crippen LogP contribution in [0.15, 0.2) is 30.5 Å². The molecule has 7 heteroatoms. The maximum absolute atomic E-state index is 12.7. The Morgan fingerprint density at radius 3 is 2.96 bits per heavy atom. The van der Waals surface area contributed by atoms with Gasteiger partial charge in [-0.05, 0) is 30.5 Å². The molecule has 1 N–H and O–H groups in total. The van der Waals surface area contributed by atoms with E-state index in [1.165, 1.54) is 0 Å². The molecule has 2 aliphatic rings. The molecule has 0 spiro atoms. The zero-order valence-corrected chi connectivity index (χ0v) is 13.5. The standard InChI is InChI=1S/C17H19N5O2/c1-21-7-5-11-9-22(10-12(11)16(21)23)17(24)15-8-14(19-20-15)13-4-2-3-6-18-13/h2-4,6,8,11-12H,5,7,9-10H2,1H3,(H,19,20)/t11-,12+/m1/s1. The molecule has 0 aromatic carbocycles. The maximum atomic E-state index is 12.7. The predicted octanol–water partition coefficient (Wildman–Crippen LogP) is 1.02. The Labute approximate surface area is 139 Å². The summed E-state index contributed by atoms with van der Waals surface area (Å²) in [5, 5.41) is 6.99. The quantitative estimate of drug-likeness (QED) is 0.894.